The van der Waals surface area contributed by atoms with Crippen molar-refractivity contribution in [2.45, 2.75) is 26.4 Å². The third-order valence-electron chi connectivity index (χ3n) is 2.16. The molecule has 1 rings (SSSR count). The van der Waals surface area contributed by atoms with Crippen molar-refractivity contribution in [2.24, 2.45) is 0 Å². The summed E-state index contributed by atoms with van der Waals surface area (Å²) in [7, 11) is 1.23. The Morgan fingerprint density at radius 1 is 1.20 bits per heavy atom. The van der Waals surface area contributed by atoms with Crippen LogP contribution in [0.25, 0.3) is 0 Å². The number of hydrogen-bond acceptors (Lipinski definition) is 5. The zero-order chi connectivity index (χ0) is 15.3. The Balaban J connectivity index is 2.97. The first-order chi connectivity index (χ1) is 9.25. The molecule has 0 heterocycles. The van der Waals surface area contributed by atoms with Crippen molar-refractivity contribution in [3.63, 3.8) is 0 Å². The van der Waals surface area contributed by atoms with E-state index >= 15 is 0 Å². The van der Waals surface area contributed by atoms with Crippen molar-refractivity contribution in [3.8, 4) is 0 Å². The summed E-state index contributed by atoms with van der Waals surface area (Å²) in [5, 5.41) is 2.46. The second-order valence-corrected chi connectivity index (χ2v) is 5.08. The first-order valence-electron chi connectivity index (χ1n) is 5.94. The van der Waals surface area contributed by atoms with Gasteiger partial charge in [-0.25, -0.2) is 9.59 Å². The molecule has 0 aliphatic rings. The lowest BCUT2D eigenvalue weighted by Crippen LogP contribution is -2.27. The second-order valence-electron chi connectivity index (χ2n) is 5.08. The number of hydrogen-bond donors (Lipinski definition) is 1. The Bertz CT molecular complexity index is 531. The van der Waals surface area contributed by atoms with Crippen LogP contribution in [0.15, 0.2) is 18.2 Å². The lowest BCUT2D eigenvalue weighted by molar-refractivity contribution is 0.0596. The molecule has 6 nitrogen and oxygen atoms in total. The number of esters is 1. The minimum atomic E-state index is -0.670. The van der Waals surface area contributed by atoms with E-state index in [1.54, 1.807) is 20.8 Å². The number of carbonyl (C=O) groups is 3. The number of aldehydes is 1. The zero-order valence-corrected chi connectivity index (χ0v) is 11.9. The monoisotopic (exact) mass is 279 g/mol. The minimum Gasteiger partial charge on any atom is -0.465 e. The van der Waals surface area contributed by atoms with Crippen molar-refractivity contribution in [3.05, 3.63) is 29.3 Å². The molecule has 20 heavy (non-hydrogen) atoms. The highest BCUT2D eigenvalue weighted by Crippen LogP contribution is 2.16. The molecule has 0 spiro atoms. The summed E-state index contributed by atoms with van der Waals surface area (Å²) in [6, 6.07) is 4.21. The highest BCUT2D eigenvalue weighted by atomic mass is 16.6. The van der Waals surface area contributed by atoms with Gasteiger partial charge in [0.2, 0.25) is 0 Å². The van der Waals surface area contributed by atoms with Gasteiger partial charge in [0.1, 0.15) is 11.9 Å². The number of benzene rings is 1. The summed E-state index contributed by atoms with van der Waals surface area (Å²) < 4.78 is 9.66. The minimum absolute atomic E-state index is 0.170. The van der Waals surface area contributed by atoms with Gasteiger partial charge in [-0.05, 0) is 39.0 Å². The van der Waals surface area contributed by atoms with E-state index in [-0.39, 0.29) is 16.8 Å². The third kappa shape index (κ3) is 4.72. The molecule has 0 aliphatic heterocycles. The zero-order valence-electron chi connectivity index (χ0n) is 11.9. The highest BCUT2D eigenvalue weighted by Gasteiger charge is 2.17. The number of amides is 1. The van der Waals surface area contributed by atoms with Crippen LogP contribution in [0.5, 0.6) is 0 Å². The van der Waals surface area contributed by atoms with Crippen LogP contribution >= 0.6 is 0 Å². The van der Waals surface area contributed by atoms with Gasteiger partial charge < -0.3 is 9.47 Å². The fourth-order valence-corrected chi connectivity index (χ4v) is 1.45. The fraction of sp³-hybridized carbons (Fsp3) is 0.357. The molecule has 0 atom stereocenters. The van der Waals surface area contributed by atoms with Gasteiger partial charge in [0.05, 0.1) is 12.7 Å². The molecule has 0 bridgehead atoms. The van der Waals surface area contributed by atoms with Crippen LogP contribution < -0.4 is 5.32 Å². The van der Waals surface area contributed by atoms with Crippen LogP contribution in [-0.2, 0) is 9.47 Å². The molecule has 1 aromatic rings. The Morgan fingerprint density at radius 2 is 1.85 bits per heavy atom. The van der Waals surface area contributed by atoms with E-state index in [9.17, 15) is 14.4 Å². The molecule has 0 saturated carbocycles. The summed E-state index contributed by atoms with van der Waals surface area (Å²) in [6.45, 7) is 5.19. The second kappa shape index (κ2) is 6.18. The van der Waals surface area contributed by atoms with Crippen LogP contribution in [0.4, 0.5) is 10.5 Å². The van der Waals surface area contributed by atoms with Crippen molar-refractivity contribution in [1.82, 2.24) is 0 Å². The first kappa shape index (κ1) is 15.7. The molecule has 1 N–H and O–H groups in total. The smallest absolute Gasteiger partial charge is 0.412 e. The summed E-state index contributed by atoms with van der Waals surface area (Å²) in [5.41, 5.74) is 0.0590. The molecule has 1 aromatic carbocycles. The fourth-order valence-electron chi connectivity index (χ4n) is 1.45. The van der Waals surface area contributed by atoms with Gasteiger partial charge >= 0.3 is 12.1 Å². The largest absolute Gasteiger partial charge is 0.465 e. The molecular formula is C14H17NO5. The van der Waals surface area contributed by atoms with Crippen LogP contribution in [-0.4, -0.2) is 31.1 Å². The predicted molar refractivity (Wildman–Crippen MR) is 73.0 cm³/mol. The van der Waals surface area contributed by atoms with Gasteiger partial charge in [0.15, 0.2) is 0 Å². The maximum atomic E-state index is 11.6. The van der Waals surface area contributed by atoms with Gasteiger partial charge in [-0.3, -0.25) is 10.1 Å². The number of ether oxygens (including phenoxy) is 2. The van der Waals surface area contributed by atoms with Crippen LogP contribution in [0, 0.1) is 0 Å². The summed E-state index contributed by atoms with van der Waals surface area (Å²) >= 11 is 0. The Morgan fingerprint density at radius 3 is 2.35 bits per heavy atom. The quantitative estimate of drug-likeness (QED) is 0.679. The predicted octanol–water partition coefficient (Wildman–Crippen LogP) is 2.63. The van der Waals surface area contributed by atoms with Gasteiger partial charge in [-0.2, -0.15) is 0 Å². The van der Waals surface area contributed by atoms with Gasteiger partial charge in [-0.15, -0.1) is 0 Å². The third-order valence-corrected chi connectivity index (χ3v) is 2.16. The average molecular weight is 279 g/mol. The van der Waals surface area contributed by atoms with E-state index in [0.29, 0.717) is 6.29 Å². The first-order valence-corrected chi connectivity index (χ1v) is 5.94. The molecule has 108 valence electrons. The van der Waals surface area contributed by atoms with Crippen molar-refractivity contribution in [1.29, 1.82) is 0 Å². The maximum Gasteiger partial charge on any atom is 0.412 e. The molecule has 6 heteroatoms. The van der Waals surface area contributed by atoms with Crippen LogP contribution in [0.2, 0.25) is 0 Å². The molecule has 0 fully saturated rings. The van der Waals surface area contributed by atoms with E-state index in [2.05, 4.69) is 10.1 Å². The normalized spacial score (nSPS) is 10.6. The number of carbonyl (C=O) groups excluding carboxylic acids is 3. The van der Waals surface area contributed by atoms with Crippen LogP contribution in [0.1, 0.15) is 41.5 Å². The molecular weight excluding hydrogens is 262 g/mol. The molecule has 0 unspecified atom stereocenters. The molecule has 0 aliphatic carbocycles. The SMILES string of the molecule is COC(=O)c1cc(C=O)cc(NC(=O)OC(C)(C)C)c1. The van der Waals surface area contributed by atoms with Crippen molar-refractivity contribution >= 4 is 24.0 Å². The molecule has 0 radical (unpaired) electrons. The number of nitrogens with one attached hydrogen (secondary N) is 1. The van der Waals surface area contributed by atoms with Gasteiger partial charge in [0.25, 0.3) is 0 Å². The van der Waals surface area contributed by atoms with E-state index in [4.69, 9.17) is 4.74 Å². The van der Waals surface area contributed by atoms with E-state index in [1.165, 1.54) is 25.3 Å². The van der Waals surface area contributed by atoms with Gasteiger partial charge in [0, 0.05) is 11.3 Å². The number of methoxy groups -OCH3 is 1. The van der Waals surface area contributed by atoms with E-state index in [1.807, 2.05) is 0 Å². The number of rotatable bonds is 3. The average Bonchev–Trinajstić information content (AvgIpc) is 2.34. The lowest BCUT2D eigenvalue weighted by Gasteiger charge is -2.19. The highest BCUT2D eigenvalue weighted by molar-refractivity contribution is 5.95. The Labute approximate surface area is 117 Å². The standard InChI is InChI=1S/C14H17NO5/c1-14(2,3)20-13(18)15-11-6-9(8-16)5-10(7-11)12(17)19-4/h5-8H,1-4H3,(H,15,18). The maximum absolute atomic E-state index is 11.6. The summed E-state index contributed by atoms with van der Waals surface area (Å²) in [4.78, 5) is 33.9. The Hall–Kier alpha value is -2.37. The molecule has 0 saturated heterocycles. The number of anilines is 1. The summed E-state index contributed by atoms with van der Waals surface area (Å²) in [6.07, 6.45) is -0.0939. The van der Waals surface area contributed by atoms with E-state index in [0.717, 1.165) is 0 Å². The molecule has 1 amide bonds. The Kier molecular flexibility index (Phi) is 4.85. The topological polar surface area (TPSA) is 81.7 Å². The van der Waals surface area contributed by atoms with E-state index < -0.39 is 17.7 Å². The van der Waals surface area contributed by atoms with Crippen LogP contribution in [0.3, 0.4) is 0 Å². The summed E-state index contributed by atoms with van der Waals surface area (Å²) in [5.74, 6) is -0.596. The molecule has 0 aromatic heterocycles. The van der Waals surface area contributed by atoms with Gasteiger partial charge in [-0.1, -0.05) is 0 Å². The van der Waals surface area contributed by atoms with Crippen molar-refractivity contribution < 1.29 is 23.9 Å². The van der Waals surface area contributed by atoms with Crippen molar-refractivity contribution in [2.75, 3.05) is 12.4 Å². The lowest BCUT2D eigenvalue weighted by atomic mass is 10.1.